The van der Waals surface area contributed by atoms with Crippen molar-refractivity contribution in [2.45, 2.75) is 78.4 Å². The van der Waals surface area contributed by atoms with Gasteiger partial charge in [0.1, 0.15) is 12.2 Å². The lowest BCUT2D eigenvalue weighted by atomic mass is 9.50. The molecule has 0 aromatic carbocycles. The van der Waals surface area contributed by atoms with Crippen LogP contribution in [0, 0.1) is 34.5 Å². The number of hydrogen-bond acceptors (Lipinski definition) is 2. The monoisotopic (exact) mass is 340 g/mol. The van der Waals surface area contributed by atoms with Gasteiger partial charge in [-0.05, 0) is 54.8 Å². The number of carbonyl (C=O) groups excluding carboxylic acids is 1. The van der Waals surface area contributed by atoms with E-state index in [0.29, 0.717) is 23.5 Å². The van der Waals surface area contributed by atoms with Crippen molar-refractivity contribution in [1.29, 1.82) is 0 Å². The first-order chi connectivity index (χ1) is 11.9. The standard InChI is InChI=1S/C23H32O2/c1-5-13(2)16-8-9-17-15-7-6-14-12-19(24)20-21(25-20)23(14,4)18(15)10-11-22(16,17)3/h6-7,13,16-18,20-21H,5,8-12H2,1-4H3/t13-,16+,17-,18-,20-,21-,22+,23-/m0/s1. The largest absolute Gasteiger partial charge is 0.360 e. The van der Waals surface area contributed by atoms with Gasteiger partial charge in [-0.2, -0.15) is 0 Å². The first-order valence-electron chi connectivity index (χ1n) is 10.5. The van der Waals surface area contributed by atoms with Crippen LogP contribution in [0.1, 0.15) is 66.2 Å². The number of fused-ring (bicyclic) bond motifs is 7. The molecule has 0 radical (unpaired) electrons. The van der Waals surface area contributed by atoms with Crippen LogP contribution in [-0.2, 0) is 9.53 Å². The van der Waals surface area contributed by atoms with Crippen LogP contribution < -0.4 is 0 Å². The fourth-order valence-corrected chi connectivity index (χ4v) is 7.47. The molecule has 5 aliphatic rings. The third kappa shape index (κ3) is 1.93. The first kappa shape index (κ1) is 16.3. The average molecular weight is 341 g/mol. The van der Waals surface area contributed by atoms with Crippen LogP contribution >= 0.6 is 0 Å². The molecule has 0 unspecified atom stereocenters. The zero-order valence-electron chi connectivity index (χ0n) is 16.2. The first-order valence-corrected chi connectivity index (χ1v) is 10.5. The minimum Gasteiger partial charge on any atom is -0.360 e. The molecular formula is C23H32O2. The van der Waals surface area contributed by atoms with Crippen molar-refractivity contribution in [1.82, 2.24) is 0 Å². The summed E-state index contributed by atoms with van der Waals surface area (Å²) in [6.45, 7) is 9.80. The number of epoxide rings is 1. The van der Waals surface area contributed by atoms with Gasteiger partial charge in [0.05, 0.1) is 0 Å². The molecule has 25 heavy (non-hydrogen) atoms. The maximum atomic E-state index is 12.2. The van der Waals surface area contributed by atoms with E-state index in [1.165, 1.54) is 37.7 Å². The lowest BCUT2D eigenvalue weighted by Crippen LogP contribution is -2.49. The Morgan fingerprint density at radius 1 is 1.20 bits per heavy atom. The Hall–Kier alpha value is -0.890. The molecule has 2 nitrogen and oxygen atoms in total. The summed E-state index contributed by atoms with van der Waals surface area (Å²) in [5, 5.41) is 0. The smallest absolute Gasteiger partial charge is 0.168 e. The molecule has 0 bridgehead atoms. The predicted molar refractivity (Wildman–Crippen MR) is 99.1 cm³/mol. The van der Waals surface area contributed by atoms with Crippen LogP contribution in [-0.4, -0.2) is 18.0 Å². The molecule has 3 saturated carbocycles. The molecule has 5 rings (SSSR count). The van der Waals surface area contributed by atoms with Gasteiger partial charge in [-0.3, -0.25) is 4.79 Å². The van der Waals surface area contributed by atoms with Crippen LogP contribution in [0.4, 0.5) is 0 Å². The second-order valence-corrected chi connectivity index (χ2v) is 9.98. The van der Waals surface area contributed by atoms with E-state index in [1.54, 1.807) is 5.57 Å². The van der Waals surface area contributed by atoms with Crippen molar-refractivity contribution in [2.24, 2.45) is 34.5 Å². The summed E-state index contributed by atoms with van der Waals surface area (Å²) in [7, 11) is 0. The van der Waals surface area contributed by atoms with Crippen molar-refractivity contribution in [3.63, 3.8) is 0 Å². The molecule has 0 aromatic heterocycles. The Balaban J connectivity index is 1.53. The Bertz CT molecular complexity index is 688. The Labute approximate surface area is 152 Å². The summed E-state index contributed by atoms with van der Waals surface area (Å²) < 4.78 is 5.91. The van der Waals surface area contributed by atoms with Gasteiger partial charge in [0, 0.05) is 11.8 Å². The van der Waals surface area contributed by atoms with Crippen LogP contribution in [0.3, 0.4) is 0 Å². The summed E-state index contributed by atoms with van der Waals surface area (Å²) in [6.07, 6.45) is 12.1. The van der Waals surface area contributed by atoms with Crippen molar-refractivity contribution >= 4 is 5.78 Å². The number of ketones is 1. The van der Waals surface area contributed by atoms with E-state index in [0.717, 1.165) is 17.8 Å². The minimum absolute atomic E-state index is 0.0818. The Kier molecular flexibility index (Phi) is 3.32. The third-order valence-electron chi connectivity index (χ3n) is 9.17. The SMILES string of the molecule is CC[C@H](C)[C@H]1CC[C@H]2C3=CC=C4CC(=O)[C@@H]5O[C@@H]5[C@]4(C)[C@H]3CC[C@]12C. The van der Waals surface area contributed by atoms with Gasteiger partial charge in [-0.1, -0.05) is 57.4 Å². The lowest BCUT2D eigenvalue weighted by molar-refractivity contribution is -0.120. The van der Waals surface area contributed by atoms with Gasteiger partial charge in [-0.25, -0.2) is 0 Å². The summed E-state index contributed by atoms with van der Waals surface area (Å²) in [4.78, 5) is 12.2. The Morgan fingerprint density at radius 2 is 2.00 bits per heavy atom. The number of rotatable bonds is 2. The maximum Gasteiger partial charge on any atom is 0.168 e. The van der Waals surface area contributed by atoms with E-state index in [9.17, 15) is 4.79 Å². The molecular weight excluding hydrogens is 308 g/mol. The normalized spacial score (nSPS) is 51.5. The maximum absolute atomic E-state index is 12.2. The summed E-state index contributed by atoms with van der Waals surface area (Å²) >= 11 is 0. The van der Waals surface area contributed by atoms with Crippen molar-refractivity contribution in [3.8, 4) is 0 Å². The van der Waals surface area contributed by atoms with E-state index in [2.05, 4.69) is 39.8 Å². The van der Waals surface area contributed by atoms with Gasteiger partial charge in [0.25, 0.3) is 0 Å². The number of carbonyl (C=O) groups is 1. The summed E-state index contributed by atoms with van der Waals surface area (Å²) in [6, 6.07) is 0. The molecule has 0 spiro atoms. The number of hydrogen-bond donors (Lipinski definition) is 0. The highest BCUT2D eigenvalue weighted by molar-refractivity contribution is 5.90. The molecule has 1 aliphatic heterocycles. The van der Waals surface area contributed by atoms with E-state index in [1.807, 2.05) is 0 Å². The van der Waals surface area contributed by atoms with E-state index < -0.39 is 0 Å². The third-order valence-corrected chi connectivity index (χ3v) is 9.17. The van der Waals surface area contributed by atoms with Gasteiger partial charge in [0.2, 0.25) is 0 Å². The average Bonchev–Trinajstić information content (AvgIpc) is 3.33. The highest BCUT2D eigenvalue weighted by Gasteiger charge is 2.66. The summed E-state index contributed by atoms with van der Waals surface area (Å²) in [5.74, 6) is 3.37. The lowest BCUT2D eigenvalue weighted by Gasteiger charge is -2.53. The number of ether oxygens (including phenoxy) is 1. The Morgan fingerprint density at radius 3 is 2.76 bits per heavy atom. The summed E-state index contributed by atoms with van der Waals surface area (Å²) in [5.41, 5.74) is 3.62. The molecule has 1 saturated heterocycles. The zero-order valence-corrected chi connectivity index (χ0v) is 16.2. The van der Waals surface area contributed by atoms with E-state index >= 15 is 0 Å². The van der Waals surface area contributed by atoms with Crippen molar-refractivity contribution < 1.29 is 9.53 Å². The second-order valence-electron chi connectivity index (χ2n) is 9.98. The molecule has 0 amide bonds. The van der Waals surface area contributed by atoms with E-state index in [4.69, 9.17) is 4.74 Å². The predicted octanol–water partition coefficient (Wildman–Crippen LogP) is 5.09. The molecule has 4 aliphatic carbocycles. The highest BCUT2D eigenvalue weighted by Crippen LogP contribution is 2.67. The quantitative estimate of drug-likeness (QED) is 0.655. The van der Waals surface area contributed by atoms with Gasteiger partial charge >= 0.3 is 0 Å². The molecule has 4 fully saturated rings. The van der Waals surface area contributed by atoms with Crippen molar-refractivity contribution in [2.75, 3.05) is 0 Å². The van der Waals surface area contributed by atoms with Gasteiger partial charge < -0.3 is 4.74 Å². The fraction of sp³-hybridized carbons (Fsp3) is 0.783. The highest BCUT2D eigenvalue weighted by atomic mass is 16.6. The minimum atomic E-state index is -0.0914. The van der Waals surface area contributed by atoms with Gasteiger partial charge in [-0.15, -0.1) is 0 Å². The molecule has 1 heterocycles. The number of allylic oxidation sites excluding steroid dienone is 3. The topological polar surface area (TPSA) is 29.6 Å². The van der Waals surface area contributed by atoms with E-state index in [-0.39, 0.29) is 17.6 Å². The van der Waals surface area contributed by atoms with Crippen LogP contribution in [0.15, 0.2) is 23.3 Å². The van der Waals surface area contributed by atoms with Crippen LogP contribution in [0.2, 0.25) is 0 Å². The van der Waals surface area contributed by atoms with Crippen LogP contribution in [0.5, 0.6) is 0 Å². The van der Waals surface area contributed by atoms with Crippen LogP contribution in [0.25, 0.3) is 0 Å². The van der Waals surface area contributed by atoms with Gasteiger partial charge in [0.15, 0.2) is 5.78 Å². The molecule has 2 heteroatoms. The molecule has 0 aromatic rings. The zero-order chi connectivity index (χ0) is 17.6. The molecule has 0 N–H and O–H groups in total. The fourth-order valence-electron chi connectivity index (χ4n) is 7.47. The number of Topliss-reactive ketones (excluding diaryl/α,β-unsaturated/α-hetero) is 1. The molecule has 136 valence electrons. The van der Waals surface area contributed by atoms with Crippen molar-refractivity contribution in [3.05, 3.63) is 23.3 Å². The second kappa shape index (κ2) is 5.09. The molecule has 8 atom stereocenters.